The molecule has 0 aromatic heterocycles. The maximum absolute atomic E-state index is 6.10. The first-order valence-corrected chi connectivity index (χ1v) is 6.79. The van der Waals surface area contributed by atoms with Gasteiger partial charge in [-0.05, 0) is 55.9 Å². The fourth-order valence-electron chi connectivity index (χ4n) is 2.47. The number of halogens is 1. The molecular weight excluding hydrogens is 246 g/mol. The zero-order valence-electron chi connectivity index (χ0n) is 11.8. The molecule has 0 amide bonds. The van der Waals surface area contributed by atoms with Crippen LogP contribution in [0.5, 0.6) is 0 Å². The number of hydrogen-bond donors (Lipinski definition) is 1. The molecule has 1 aliphatic rings. The molecule has 2 nitrogen and oxygen atoms in total. The lowest BCUT2D eigenvalue weighted by atomic mass is 9.86. The minimum atomic E-state index is -0.197. The van der Waals surface area contributed by atoms with Gasteiger partial charge in [0, 0.05) is 5.02 Å². The Kier molecular flexibility index (Phi) is 3.48. The summed E-state index contributed by atoms with van der Waals surface area (Å²) in [4.78, 5) is 5.75. The summed E-state index contributed by atoms with van der Waals surface area (Å²) in [6.07, 6.45) is 1.05. The summed E-state index contributed by atoms with van der Waals surface area (Å²) in [5.41, 5.74) is 5.80. The van der Waals surface area contributed by atoms with Crippen molar-refractivity contribution in [3.05, 3.63) is 34.3 Å². The minimum Gasteiger partial charge on any atom is -0.295 e. The lowest BCUT2D eigenvalue weighted by Crippen LogP contribution is -2.37. The molecule has 1 atom stereocenters. The number of benzene rings is 1. The fraction of sp³-hybridized carbons (Fsp3) is 0.600. The van der Waals surface area contributed by atoms with E-state index < -0.39 is 0 Å². The van der Waals surface area contributed by atoms with Crippen LogP contribution in [0.25, 0.3) is 0 Å². The maximum Gasteiger partial charge on any atom is 0.0813 e. The van der Waals surface area contributed by atoms with Gasteiger partial charge in [0.05, 0.1) is 11.6 Å². The van der Waals surface area contributed by atoms with Gasteiger partial charge in [-0.1, -0.05) is 31.5 Å². The van der Waals surface area contributed by atoms with E-state index >= 15 is 0 Å². The standard InChI is InChI=1S/C15H22ClNO/c1-14(2,3)18-17-13-12-8-11(16)7-6-10(12)9-15(13,4)5/h6-8,13,17H,9H2,1-5H3. The molecule has 0 spiro atoms. The highest BCUT2D eigenvalue weighted by atomic mass is 35.5. The van der Waals surface area contributed by atoms with E-state index in [0.717, 1.165) is 11.4 Å². The van der Waals surface area contributed by atoms with Gasteiger partial charge in [-0.2, -0.15) is 5.48 Å². The normalized spacial score (nSPS) is 22.0. The Morgan fingerprint density at radius 3 is 2.61 bits per heavy atom. The Labute approximate surface area is 115 Å². The van der Waals surface area contributed by atoms with Crippen LogP contribution in [0, 0.1) is 5.41 Å². The highest BCUT2D eigenvalue weighted by Gasteiger charge is 2.39. The summed E-state index contributed by atoms with van der Waals surface area (Å²) >= 11 is 6.10. The second-order valence-electron chi connectivity index (χ2n) is 6.77. The maximum atomic E-state index is 6.10. The molecule has 0 saturated heterocycles. The molecular formula is C15H22ClNO. The quantitative estimate of drug-likeness (QED) is 0.808. The molecule has 1 unspecified atom stereocenters. The first-order chi connectivity index (χ1) is 8.19. The number of nitrogens with one attached hydrogen (secondary N) is 1. The average Bonchev–Trinajstić information content (AvgIpc) is 2.44. The molecule has 0 aliphatic heterocycles. The Hall–Kier alpha value is -0.570. The van der Waals surface area contributed by atoms with E-state index in [1.807, 2.05) is 26.8 Å². The van der Waals surface area contributed by atoms with Crippen molar-refractivity contribution in [2.75, 3.05) is 0 Å². The third-order valence-electron chi connectivity index (χ3n) is 3.33. The Bertz CT molecular complexity index is 448. The van der Waals surface area contributed by atoms with Crippen LogP contribution in [0.2, 0.25) is 5.02 Å². The van der Waals surface area contributed by atoms with Crippen LogP contribution in [-0.2, 0) is 11.3 Å². The monoisotopic (exact) mass is 267 g/mol. The van der Waals surface area contributed by atoms with Crippen molar-refractivity contribution < 1.29 is 4.84 Å². The largest absolute Gasteiger partial charge is 0.295 e. The number of hydroxylamine groups is 1. The second-order valence-corrected chi connectivity index (χ2v) is 7.21. The predicted octanol–water partition coefficient (Wildman–Crippen LogP) is 4.28. The van der Waals surface area contributed by atoms with Crippen molar-refractivity contribution in [3.63, 3.8) is 0 Å². The Morgan fingerprint density at radius 2 is 2.00 bits per heavy atom. The number of rotatable bonds is 2. The molecule has 3 heteroatoms. The number of hydrogen-bond acceptors (Lipinski definition) is 2. The molecule has 0 bridgehead atoms. The molecule has 0 heterocycles. The van der Waals surface area contributed by atoms with Gasteiger partial charge in [0.25, 0.3) is 0 Å². The van der Waals surface area contributed by atoms with Gasteiger partial charge in [-0.25, -0.2) is 0 Å². The highest BCUT2D eigenvalue weighted by molar-refractivity contribution is 6.30. The highest BCUT2D eigenvalue weighted by Crippen LogP contribution is 2.46. The van der Waals surface area contributed by atoms with Crippen molar-refractivity contribution in [1.29, 1.82) is 0 Å². The molecule has 100 valence electrons. The molecule has 18 heavy (non-hydrogen) atoms. The van der Waals surface area contributed by atoms with Gasteiger partial charge in [0.15, 0.2) is 0 Å². The fourth-order valence-corrected chi connectivity index (χ4v) is 2.65. The van der Waals surface area contributed by atoms with Crippen LogP contribution >= 0.6 is 11.6 Å². The minimum absolute atomic E-state index is 0.137. The van der Waals surface area contributed by atoms with Gasteiger partial charge in [-0.15, -0.1) is 0 Å². The predicted molar refractivity (Wildman–Crippen MR) is 75.7 cm³/mol. The summed E-state index contributed by atoms with van der Waals surface area (Å²) in [6.45, 7) is 10.6. The van der Waals surface area contributed by atoms with Crippen LogP contribution in [0.4, 0.5) is 0 Å². The SMILES string of the molecule is CC(C)(C)ONC1c2cc(Cl)ccc2CC1(C)C. The average molecular weight is 268 g/mol. The molecule has 0 fully saturated rings. The summed E-state index contributed by atoms with van der Waals surface area (Å²) < 4.78 is 0. The van der Waals surface area contributed by atoms with E-state index in [9.17, 15) is 0 Å². The Balaban J connectivity index is 2.26. The molecule has 2 rings (SSSR count). The van der Waals surface area contributed by atoms with Crippen molar-refractivity contribution in [1.82, 2.24) is 5.48 Å². The first-order valence-electron chi connectivity index (χ1n) is 6.41. The molecule has 1 aromatic carbocycles. The molecule has 0 saturated carbocycles. The topological polar surface area (TPSA) is 21.3 Å². The van der Waals surface area contributed by atoms with Crippen LogP contribution < -0.4 is 5.48 Å². The summed E-state index contributed by atoms with van der Waals surface area (Å²) in [6, 6.07) is 6.32. The third-order valence-corrected chi connectivity index (χ3v) is 3.56. The molecule has 1 aromatic rings. The summed E-state index contributed by atoms with van der Waals surface area (Å²) in [7, 11) is 0. The van der Waals surface area contributed by atoms with E-state index in [-0.39, 0.29) is 17.1 Å². The summed E-state index contributed by atoms with van der Waals surface area (Å²) in [5.74, 6) is 0. The van der Waals surface area contributed by atoms with Crippen LogP contribution in [0.1, 0.15) is 51.8 Å². The van der Waals surface area contributed by atoms with Crippen LogP contribution in [0.3, 0.4) is 0 Å². The van der Waals surface area contributed by atoms with Gasteiger partial charge >= 0.3 is 0 Å². The van der Waals surface area contributed by atoms with Crippen molar-refractivity contribution in [2.24, 2.45) is 5.41 Å². The zero-order chi connectivity index (χ0) is 13.6. The first kappa shape index (κ1) is 13.9. The summed E-state index contributed by atoms with van der Waals surface area (Å²) in [5, 5.41) is 0.786. The third kappa shape index (κ3) is 2.87. The van der Waals surface area contributed by atoms with Gasteiger partial charge in [-0.3, -0.25) is 4.84 Å². The van der Waals surface area contributed by atoms with Gasteiger partial charge in [0.1, 0.15) is 0 Å². The van der Waals surface area contributed by atoms with Gasteiger partial charge < -0.3 is 0 Å². The molecule has 1 aliphatic carbocycles. The van der Waals surface area contributed by atoms with E-state index in [1.54, 1.807) is 0 Å². The Morgan fingerprint density at radius 1 is 1.33 bits per heavy atom. The van der Waals surface area contributed by atoms with Crippen LogP contribution in [-0.4, -0.2) is 5.60 Å². The second kappa shape index (κ2) is 4.52. The number of fused-ring (bicyclic) bond motifs is 1. The van der Waals surface area contributed by atoms with Crippen LogP contribution in [0.15, 0.2) is 18.2 Å². The van der Waals surface area contributed by atoms with E-state index in [0.29, 0.717) is 0 Å². The van der Waals surface area contributed by atoms with Crippen molar-refractivity contribution in [3.8, 4) is 0 Å². The smallest absolute Gasteiger partial charge is 0.0813 e. The molecule has 1 N–H and O–H groups in total. The van der Waals surface area contributed by atoms with E-state index in [2.05, 4.69) is 31.5 Å². The van der Waals surface area contributed by atoms with Gasteiger partial charge in [0.2, 0.25) is 0 Å². The van der Waals surface area contributed by atoms with E-state index in [1.165, 1.54) is 11.1 Å². The lowest BCUT2D eigenvalue weighted by molar-refractivity contribution is -0.103. The van der Waals surface area contributed by atoms with Crippen molar-refractivity contribution in [2.45, 2.75) is 52.7 Å². The molecule has 0 radical (unpaired) electrons. The van der Waals surface area contributed by atoms with E-state index in [4.69, 9.17) is 16.4 Å². The van der Waals surface area contributed by atoms with Crippen molar-refractivity contribution >= 4 is 11.6 Å². The lowest BCUT2D eigenvalue weighted by Gasteiger charge is -2.31. The zero-order valence-corrected chi connectivity index (χ0v) is 12.6.